The Hall–Kier alpha value is -0.570. The van der Waals surface area contributed by atoms with Crippen molar-refractivity contribution in [3.8, 4) is 0 Å². The van der Waals surface area contributed by atoms with Gasteiger partial charge in [-0.25, -0.2) is 0 Å². The Bertz CT molecular complexity index is 178. The molecule has 0 aromatic rings. The normalized spacial score (nSPS) is 20.8. The van der Waals surface area contributed by atoms with Gasteiger partial charge in [-0.1, -0.05) is 6.92 Å². The molecule has 2 atom stereocenters. The van der Waals surface area contributed by atoms with Crippen LogP contribution in [0, 0.1) is 5.92 Å². The Morgan fingerprint density at radius 1 is 1.54 bits per heavy atom. The van der Waals surface area contributed by atoms with Gasteiger partial charge in [0.05, 0.1) is 6.04 Å². The molecule has 0 saturated heterocycles. The number of hydrogen-bond acceptors (Lipinski definition) is 2. The highest BCUT2D eigenvalue weighted by Crippen LogP contribution is 2.34. The molecule has 3 nitrogen and oxygen atoms in total. The van der Waals surface area contributed by atoms with Crippen LogP contribution < -0.4 is 10.6 Å². The van der Waals surface area contributed by atoms with Gasteiger partial charge >= 0.3 is 0 Å². The lowest BCUT2D eigenvalue weighted by atomic mass is 10.1. The van der Waals surface area contributed by atoms with Crippen LogP contribution in [0.2, 0.25) is 0 Å². The molecule has 0 aromatic carbocycles. The van der Waals surface area contributed by atoms with Crippen LogP contribution >= 0.6 is 0 Å². The molecule has 2 unspecified atom stereocenters. The molecule has 0 bridgehead atoms. The summed E-state index contributed by atoms with van der Waals surface area (Å²) in [6, 6.07) is 0.475. The largest absolute Gasteiger partial charge is 0.358 e. The van der Waals surface area contributed by atoms with E-state index in [1.54, 1.807) is 7.05 Å². The molecule has 1 rings (SSSR count). The minimum absolute atomic E-state index is 0.0597. The third-order valence-electron chi connectivity index (χ3n) is 2.73. The second kappa shape index (κ2) is 4.61. The third kappa shape index (κ3) is 2.99. The fourth-order valence-electron chi connectivity index (χ4n) is 1.70. The van der Waals surface area contributed by atoms with Crippen molar-refractivity contribution < 1.29 is 4.79 Å². The minimum atomic E-state index is -0.0597. The molecular formula is C10H20N2O. The van der Waals surface area contributed by atoms with Crippen LogP contribution in [0.25, 0.3) is 0 Å². The number of nitrogens with one attached hydrogen (secondary N) is 2. The van der Waals surface area contributed by atoms with Crippen molar-refractivity contribution in [2.75, 3.05) is 7.05 Å². The van der Waals surface area contributed by atoms with E-state index in [0.29, 0.717) is 6.04 Å². The summed E-state index contributed by atoms with van der Waals surface area (Å²) in [5.74, 6) is 0.899. The molecule has 1 aliphatic carbocycles. The predicted molar refractivity (Wildman–Crippen MR) is 53.5 cm³/mol. The van der Waals surface area contributed by atoms with Crippen LogP contribution in [0.5, 0.6) is 0 Å². The fourth-order valence-corrected chi connectivity index (χ4v) is 1.70. The molecule has 3 heteroatoms. The molecule has 1 amide bonds. The summed E-state index contributed by atoms with van der Waals surface area (Å²) in [4.78, 5) is 11.2. The van der Waals surface area contributed by atoms with E-state index in [4.69, 9.17) is 0 Å². The Kier molecular flexibility index (Phi) is 3.72. The van der Waals surface area contributed by atoms with Crippen LogP contribution in [0.15, 0.2) is 0 Å². The lowest BCUT2D eigenvalue weighted by molar-refractivity contribution is -0.122. The summed E-state index contributed by atoms with van der Waals surface area (Å²) in [5.41, 5.74) is 0. The first kappa shape index (κ1) is 10.5. The minimum Gasteiger partial charge on any atom is -0.358 e. The molecule has 1 aliphatic rings. The zero-order valence-electron chi connectivity index (χ0n) is 8.76. The first-order chi connectivity index (χ1) is 6.19. The maximum atomic E-state index is 11.2. The fraction of sp³-hybridized carbons (Fsp3) is 0.900. The van der Waals surface area contributed by atoms with Gasteiger partial charge in [0.1, 0.15) is 0 Å². The molecule has 0 aromatic heterocycles. The van der Waals surface area contributed by atoms with E-state index in [-0.39, 0.29) is 11.9 Å². The van der Waals surface area contributed by atoms with Crippen LogP contribution in [0.1, 0.15) is 33.1 Å². The maximum Gasteiger partial charge on any atom is 0.236 e. The van der Waals surface area contributed by atoms with Crippen molar-refractivity contribution in [1.82, 2.24) is 10.6 Å². The molecule has 2 N–H and O–H groups in total. The Morgan fingerprint density at radius 3 is 2.54 bits per heavy atom. The average Bonchev–Trinajstić information content (AvgIpc) is 2.95. The summed E-state index contributed by atoms with van der Waals surface area (Å²) < 4.78 is 0. The number of carbonyl (C=O) groups is 1. The van der Waals surface area contributed by atoms with Gasteiger partial charge in [0.15, 0.2) is 0 Å². The number of rotatable bonds is 5. The smallest absolute Gasteiger partial charge is 0.236 e. The highest BCUT2D eigenvalue weighted by Gasteiger charge is 2.31. The van der Waals surface area contributed by atoms with E-state index >= 15 is 0 Å². The standard InChI is InChI=1S/C10H20N2O/c1-4-9(8-5-6-8)12-7(2)10(13)11-3/h7-9,12H,4-6H2,1-3H3,(H,11,13). The van der Waals surface area contributed by atoms with E-state index in [2.05, 4.69) is 17.6 Å². The lowest BCUT2D eigenvalue weighted by Crippen LogP contribution is -2.46. The van der Waals surface area contributed by atoms with Gasteiger partial charge in [-0.05, 0) is 32.1 Å². The van der Waals surface area contributed by atoms with Gasteiger partial charge < -0.3 is 10.6 Å². The van der Waals surface area contributed by atoms with Crippen LogP contribution in [0.3, 0.4) is 0 Å². The predicted octanol–water partition coefficient (Wildman–Crippen LogP) is 0.899. The SMILES string of the molecule is CCC(NC(C)C(=O)NC)C1CC1. The van der Waals surface area contributed by atoms with E-state index in [1.165, 1.54) is 12.8 Å². The van der Waals surface area contributed by atoms with Gasteiger partial charge in [0, 0.05) is 13.1 Å². The molecule has 76 valence electrons. The summed E-state index contributed by atoms with van der Waals surface area (Å²) in [6.07, 6.45) is 3.77. The van der Waals surface area contributed by atoms with Crippen LogP contribution in [-0.4, -0.2) is 25.0 Å². The van der Waals surface area contributed by atoms with Crippen molar-refractivity contribution in [2.24, 2.45) is 5.92 Å². The Morgan fingerprint density at radius 2 is 2.15 bits per heavy atom. The molecule has 0 spiro atoms. The first-order valence-electron chi connectivity index (χ1n) is 5.16. The van der Waals surface area contributed by atoms with Crippen molar-refractivity contribution >= 4 is 5.91 Å². The summed E-state index contributed by atoms with van der Waals surface area (Å²) in [6.45, 7) is 4.09. The molecule has 13 heavy (non-hydrogen) atoms. The highest BCUT2D eigenvalue weighted by atomic mass is 16.2. The average molecular weight is 184 g/mol. The van der Waals surface area contributed by atoms with E-state index in [9.17, 15) is 4.79 Å². The topological polar surface area (TPSA) is 41.1 Å². The number of carbonyl (C=O) groups excluding carboxylic acids is 1. The summed E-state index contributed by atoms with van der Waals surface area (Å²) >= 11 is 0. The zero-order valence-corrected chi connectivity index (χ0v) is 8.76. The first-order valence-corrected chi connectivity index (χ1v) is 5.16. The van der Waals surface area contributed by atoms with E-state index < -0.39 is 0 Å². The van der Waals surface area contributed by atoms with Gasteiger partial charge in [0.25, 0.3) is 0 Å². The lowest BCUT2D eigenvalue weighted by Gasteiger charge is -2.20. The maximum absolute atomic E-state index is 11.2. The third-order valence-corrected chi connectivity index (χ3v) is 2.73. The van der Waals surface area contributed by atoms with Crippen molar-refractivity contribution in [3.05, 3.63) is 0 Å². The van der Waals surface area contributed by atoms with Crippen molar-refractivity contribution in [3.63, 3.8) is 0 Å². The molecular weight excluding hydrogens is 164 g/mol. The van der Waals surface area contributed by atoms with Gasteiger partial charge in [0.2, 0.25) is 5.91 Å². The molecule has 0 aliphatic heterocycles. The Balaban J connectivity index is 2.31. The van der Waals surface area contributed by atoms with Crippen molar-refractivity contribution in [2.45, 2.75) is 45.2 Å². The van der Waals surface area contributed by atoms with Crippen LogP contribution in [-0.2, 0) is 4.79 Å². The number of hydrogen-bond donors (Lipinski definition) is 2. The second-order valence-electron chi connectivity index (χ2n) is 3.85. The Labute approximate surface area is 80.3 Å². The molecule has 0 radical (unpaired) electrons. The van der Waals surface area contributed by atoms with E-state index in [1.807, 2.05) is 6.92 Å². The summed E-state index contributed by atoms with van der Waals surface area (Å²) in [5, 5.41) is 6.02. The van der Waals surface area contributed by atoms with Gasteiger partial charge in [-0.15, -0.1) is 0 Å². The van der Waals surface area contributed by atoms with Crippen molar-refractivity contribution in [1.29, 1.82) is 0 Å². The van der Waals surface area contributed by atoms with Gasteiger partial charge in [-0.3, -0.25) is 4.79 Å². The monoisotopic (exact) mass is 184 g/mol. The quantitative estimate of drug-likeness (QED) is 0.666. The number of likely N-dealkylation sites (N-methyl/N-ethyl adjacent to an activating group) is 1. The zero-order chi connectivity index (χ0) is 9.84. The summed E-state index contributed by atoms with van der Waals surface area (Å²) in [7, 11) is 1.68. The van der Waals surface area contributed by atoms with Crippen LogP contribution in [0.4, 0.5) is 0 Å². The number of amides is 1. The molecule has 1 fully saturated rings. The molecule has 1 saturated carbocycles. The van der Waals surface area contributed by atoms with Gasteiger partial charge in [-0.2, -0.15) is 0 Å². The second-order valence-corrected chi connectivity index (χ2v) is 3.85. The molecule has 0 heterocycles. The van der Waals surface area contributed by atoms with E-state index in [0.717, 1.165) is 12.3 Å². The highest BCUT2D eigenvalue weighted by molar-refractivity contribution is 5.80.